The molecule has 0 aliphatic rings. The van der Waals surface area contributed by atoms with Crippen LogP contribution in [0.25, 0.3) is 0 Å². The van der Waals surface area contributed by atoms with Gasteiger partial charge in [0.15, 0.2) is 0 Å². The number of nitrogens with zero attached hydrogens (tertiary/aromatic N) is 1. The van der Waals surface area contributed by atoms with Crippen LogP contribution in [0, 0.1) is 0 Å². The molecule has 0 fully saturated rings. The summed E-state index contributed by atoms with van der Waals surface area (Å²) in [5.41, 5.74) is -3.00. The van der Waals surface area contributed by atoms with E-state index in [2.05, 4.69) is 0 Å². The van der Waals surface area contributed by atoms with E-state index in [1.54, 1.807) is 36.4 Å². The number of benzene rings is 3. The van der Waals surface area contributed by atoms with Crippen molar-refractivity contribution >= 4 is 46.6 Å². The lowest BCUT2D eigenvalue weighted by Gasteiger charge is -2.25. The number of anilines is 1. The van der Waals surface area contributed by atoms with E-state index < -0.39 is 40.9 Å². The van der Waals surface area contributed by atoms with Crippen molar-refractivity contribution in [3.63, 3.8) is 0 Å². The maximum atomic E-state index is 13.3. The third-order valence-electron chi connectivity index (χ3n) is 5.15. The van der Waals surface area contributed by atoms with E-state index in [-0.39, 0.29) is 6.07 Å². The number of carbonyl (C=O) groups excluding carboxylic acids is 1. The molecule has 35 heavy (non-hydrogen) atoms. The van der Waals surface area contributed by atoms with E-state index in [1.807, 2.05) is 0 Å². The summed E-state index contributed by atoms with van der Waals surface area (Å²) in [6, 6.07) is 12.7. The number of halogens is 8. The van der Waals surface area contributed by atoms with E-state index >= 15 is 0 Å². The molecule has 3 aromatic carbocycles. The molecular formula is C24H17Cl2F6NOS. The Hall–Kier alpha value is -2.36. The van der Waals surface area contributed by atoms with Gasteiger partial charge < -0.3 is 4.90 Å². The lowest BCUT2D eigenvalue weighted by atomic mass is 9.94. The summed E-state index contributed by atoms with van der Waals surface area (Å²) in [6.07, 6.45) is -10.0. The number of hydrogen-bond donors (Lipinski definition) is 0. The summed E-state index contributed by atoms with van der Waals surface area (Å²) in [4.78, 5) is 15.6. The minimum atomic E-state index is -5.01. The predicted octanol–water partition coefficient (Wildman–Crippen LogP) is 8.95. The van der Waals surface area contributed by atoms with Gasteiger partial charge in [0, 0.05) is 21.9 Å². The zero-order valence-electron chi connectivity index (χ0n) is 18.1. The van der Waals surface area contributed by atoms with E-state index in [0.29, 0.717) is 37.7 Å². The van der Waals surface area contributed by atoms with Gasteiger partial charge in [0.1, 0.15) is 0 Å². The molecule has 3 rings (SSSR count). The second-order valence-corrected chi connectivity index (χ2v) is 9.53. The zero-order chi connectivity index (χ0) is 26.1. The molecule has 0 aliphatic carbocycles. The fourth-order valence-corrected chi connectivity index (χ4v) is 4.81. The van der Waals surface area contributed by atoms with Crippen LogP contribution in [-0.4, -0.2) is 13.0 Å². The lowest BCUT2D eigenvalue weighted by Crippen LogP contribution is -2.31. The normalized spacial score (nSPS) is 13.0. The standard InChI is InChI=1S/C24H17Cl2F6NOS/c1-13(14-9-15(23(27,28)29)11-16(10-14)24(30,31)32)22(34)33(2)19-8-7-17(25)12-21(19)35-20-6-4-3-5-18(20)26/h3-13H,1-2H3/t13-/m0/s1. The Balaban J connectivity index is 1.99. The first-order valence-corrected chi connectivity index (χ1v) is 11.5. The Morgan fingerprint density at radius 3 is 1.97 bits per heavy atom. The van der Waals surface area contributed by atoms with Gasteiger partial charge in [-0.25, -0.2) is 0 Å². The first kappa shape index (κ1) is 27.2. The van der Waals surface area contributed by atoms with Crippen molar-refractivity contribution in [2.24, 2.45) is 0 Å². The summed E-state index contributed by atoms with van der Waals surface area (Å²) in [7, 11) is 1.39. The highest BCUT2D eigenvalue weighted by atomic mass is 35.5. The van der Waals surface area contributed by atoms with Gasteiger partial charge in [0.2, 0.25) is 5.91 Å². The van der Waals surface area contributed by atoms with Gasteiger partial charge in [-0.3, -0.25) is 4.79 Å². The predicted molar refractivity (Wildman–Crippen MR) is 125 cm³/mol. The van der Waals surface area contributed by atoms with Crippen molar-refractivity contribution in [1.29, 1.82) is 0 Å². The quantitative estimate of drug-likeness (QED) is 0.295. The minimum Gasteiger partial charge on any atom is -0.314 e. The Morgan fingerprint density at radius 2 is 1.43 bits per heavy atom. The molecule has 1 amide bonds. The molecule has 2 nitrogen and oxygen atoms in total. The molecule has 0 bridgehead atoms. The Kier molecular flexibility index (Phi) is 8.03. The van der Waals surface area contributed by atoms with Crippen LogP contribution in [0.3, 0.4) is 0 Å². The average Bonchev–Trinajstić information content (AvgIpc) is 2.78. The van der Waals surface area contributed by atoms with Gasteiger partial charge in [-0.05, 0) is 61.0 Å². The summed E-state index contributed by atoms with van der Waals surface area (Å²) in [5.74, 6) is -2.02. The van der Waals surface area contributed by atoms with Gasteiger partial charge >= 0.3 is 12.4 Å². The molecule has 1 atom stereocenters. The van der Waals surface area contributed by atoms with Crippen molar-refractivity contribution < 1.29 is 31.1 Å². The molecule has 0 N–H and O–H groups in total. The highest BCUT2D eigenvalue weighted by Crippen LogP contribution is 2.41. The van der Waals surface area contributed by atoms with E-state index in [0.717, 1.165) is 0 Å². The number of alkyl halides is 6. The summed E-state index contributed by atoms with van der Waals surface area (Å²) in [5, 5.41) is 0.819. The van der Waals surface area contributed by atoms with Gasteiger partial charge in [0.05, 0.1) is 27.8 Å². The van der Waals surface area contributed by atoms with Crippen molar-refractivity contribution in [3.8, 4) is 0 Å². The van der Waals surface area contributed by atoms with Crippen LogP contribution < -0.4 is 4.90 Å². The molecular weight excluding hydrogens is 535 g/mol. The first-order valence-electron chi connectivity index (χ1n) is 9.97. The van der Waals surface area contributed by atoms with Gasteiger partial charge in [-0.2, -0.15) is 26.3 Å². The highest BCUT2D eigenvalue weighted by molar-refractivity contribution is 7.99. The smallest absolute Gasteiger partial charge is 0.314 e. The van der Waals surface area contributed by atoms with E-state index in [1.165, 1.54) is 36.7 Å². The van der Waals surface area contributed by atoms with Crippen LogP contribution >= 0.6 is 35.0 Å². The monoisotopic (exact) mass is 551 g/mol. The number of amides is 1. The molecule has 0 aliphatic heterocycles. The molecule has 0 spiro atoms. The Labute approximate surface area is 211 Å². The fraction of sp³-hybridized carbons (Fsp3) is 0.208. The van der Waals surface area contributed by atoms with Crippen molar-refractivity contribution in [2.45, 2.75) is 35.0 Å². The van der Waals surface area contributed by atoms with Crippen LogP contribution in [0.2, 0.25) is 10.0 Å². The zero-order valence-corrected chi connectivity index (χ0v) is 20.5. The third kappa shape index (κ3) is 6.45. The number of hydrogen-bond acceptors (Lipinski definition) is 2. The Morgan fingerprint density at radius 1 is 0.857 bits per heavy atom. The average molecular weight is 552 g/mol. The van der Waals surface area contributed by atoms with Gasteiger partial charge in [0.25, 0.3) is 0 Å². The molecule has 0 aromatic heterocycles. The van der Waals surface area contributed by atoms with E-state index in [9.17, 15) is 31.1 Å². The largest absolute Gasteiger partial charge is 0.416 e. The van der Waals surface area contributed by atoms with Crippen LogP contribution in [-0.2, 0) is 17.1 Å². The molecule has 0 unspecified atom stereocenters. The number of carbonyl (C=O) groups is 1. The molecule has 11 heteroatoms. The van der Waals surface area contributed by atoms with Crippen LogP contribution in [0.5, 0.6) is 0 Å². The maximum Gasteiger partial charge on any atom is 0.416 e. The van der Waals surface area contributed by atoms with Crippen molar-refractivity contribution in [3.05, 3.63) is 87.4 Å². The topological polar surface area (TPSA) is 20.3 Å². The fourth-order valence-electron chi connectivity index (χ4n) is 3.27. The second-order valence-electron chi connectivity index (χ2n) is 7.60. The highest BCUT2D eigenvalue weighted by Gasteiger charge is 2.38. The SMILES string of the molecule is C[C@H](C(=O)N(C)c1ccc(Cl)cc1Sc1ccccc1Cl)c1cc(C(F)(F)F)cc(C(F)(F)F)c1. The van der Waals surface area contributed by atoms with Crippen molar-refractivity contribution in [2.75, 3.05) is 11.9 Å². The molecule has 0 radical (unpaired) electrons. The molecule has 0 heterocycles. The number of rotatable bonds is 5. The molecule has 0 saturated carbocycles. The molecule has 0 saturated heterocycles. The minimum absolute atomic E-state index is 0.0297. The third-order valence-corrected chi connectivity index (χ3v) is 6.95. The van der Waals surface area contributed by atoms with Gasteiger partial charge in [-0.15, -0.1) is 0 Å². The lowest BCUT2D eigenvalue weighted by molar-refractivity contribution is -0.143. The summed E-state index contributed by atoms with van der Waals surface area (Å²) < 4.78 is 79.6. The van der Waals surface area contributed by atoms with Crippen LogP contribution in [0.4, 0.5) is 32.0 Å². The first-order chi connectivity index (χ1) is 16.2. The van der Waals surface area contributed by atoms with Gasteiger partial charge in [-0.1, -0.05) is 47.1 Å². The van der Waals surface area contributed by atoms with E-state index in [4.69, 9.17) is 23.2 Å². The summed E-state index contributed by atoms with van der Waals surface area (Å²) in [6.45, 7) is 1.26. The number of likely N-dealkylation sites (N-methyl/N-ethyl adjacent to an activating group) is 1. The molecule has 186 valence electrons. The van der Waals surface area contributed by atoms with Crippen LogP contribution in [0.1, 0.15) is 29.5 Å². The molecule has 3 aromatic rings. The summed E-state index contributed by atoms with van der Waals surface area (Å²) >= 11 is 13.6. The maximum absolute atomic E-state index is 13.3. The second kappa shape index (κ2) is 10.3. The van der Waals surface area contributed by atoms with Crippen LogP contribution in [0.15, 0.2) is 70.5 Å². The van der Waals surface area contributed by atoms with Crippen molar-refractivity contribution in [1.82, 2.24) is 0 Å². The Bertz CT molecular complexity index is 1210.